The zero-order chi connectivity index (χ0) is 17.9. The van der Waals surface area contributed by atoms with Crippen molar-refractivity contribution in [2.75, 3.05) is 20.1 Å². The van der Waals surface area contributed by atoms with Gasteiger partial charge in [-0.1, -0.05) is 0 Å². The molecule has 0 radical (unpaired) electrons. The largest absolute Gasteiger partial charge is 0.390 e. The standard InChI is InChI=1S/C18H28N4O2/c1-12(2)20-18(24)10-21(5)8-15(23)9-22-11-19-16-6-13(3)14(4)7-17(16)22/h6-7,11-12,15,23H,8-10H2,1-5H3,(H,20,24). The first-order valence-corrected chi connectivity index (χ1v) is 8.34. The van der Waals surface area contributed by atoms with Crippen molar-refractivity contribution in [1.29, 1.82) is 0 Å². The van der Waals surface area contributed by atoms with Gasteiger partial charge >= 0.3 is 0 Å². The molecule has 0 bridgehead atoms. The van der Waals surface area contributed by atoms with E-state index in [0.717, 1.165) is 11.0 Å². The molecule has 1 amide bonds. The lowest BCUT2D eigenvalue weighted by molar-refractivity contribution is -0.122. The Morgan fingerprint density at radius 3 is 2.67 bits per heavy atom. The van der Waals surface area contributed by atoms with E-state index in [9.17, 15) is 9.90 Å². The number of aryl methyl sites for hydroxylation is 2. The third kappa shape index (κ3) is 4.79. The fourth-order valence-electron chi connectivity index (χ4n) is 2.78. The van der Waals surface area contributed by atoms with E-state index in [4.69, 9.17) is 0 Å². The molecule has 0 spiro atoms. The normalized spacial score (nSPS) is 13.0. The fourth-order valence-corrected chi connectivity index (χ4v) is 2.78. The quantitative estimate of drug-likeness (QED) is 0.805. The van der Waals surface area contributed by atoms with Crippen molar-refractivity contribution >= 4 is 16.9 Å². The number of aromatic nitrogens is 2. The summed E-state index contributed by atoms with van der Waals surface area (Å²) in [7, 11) is 1.84. The number of aliphatic hydroxyl groups excluding tert-OH is 1. The highest BCUT2D eigenvalue weighted by Crippen LogP contribution is 2.18. The summed E-state index contributed by atoms with van der Waals surface area (Å²) in [4.78, 5) is 18.0. The molecule has 6 heteroatoms. The van der Waals surface area contributed by atoms with Gasteiger partial charge in [0.05, 0.1) is 36.6 Å². The van der Waals surface area contributed by atoms with E-state index in [2.05, 4.69) is 36.3 Å². The van der Waals surface area contributed by atoms with Crippen molar-refractivity contribution in [2.24, 2.45) is 0 Å². The van der Waals surface area contributed by atoms with E-state index in [0.29, 0.717) is 13.1 Å². The van der Waals surface area contributed by atoms with Crippen LogP contribution in [0.1, 0.15) is 25.0 Å². The van der Waals surface area contributed by atoms with Gasteiger partial charge in [0.1, 0.15) is 0 Å². The van der Waals surface area contributed by atoms with Gasteiger partial charge in [0.25, 0.3) is 0 Å². The Labute approximate surface area is 143 Å². The number of fused-ring (bicyclic) bond motifs is 1. The molecular formula is C18H28N4O2. The molecule has 2 N–H and O–H groups in total. The minimum atomic E-state index is -0.569. The highest BCUT2D eigenvalue weighted by molar-refractivity contribution is 5.78. The van der Waals surface area contributed by atoms with Crippen molar-refractivity contribution < 1.29 is 9.90 Å². The van der Waals surface area contributed by atoms with Crippen LogP contribution < -0.4 is 5.32 Å². The Morgan fingerprint density at radius 1 is 1.33 bits per heavy atom. The number of nitrogens with one attached hydrogen (secondary N) is 1. The maximum absolute atomic E-state index is 11.8. The van der Waals surface area contributed by atoms with Crippen LogP contribution in [0.3, 0.4) is 0 Å². The van der Waals surface area contributed by atoms with Gasteiger partial charge in [-0.15, -0.1) is 0 Å². The number of carbonyl (C=O) groups excluding carboxylic acids is 1. The minimum absolute atomic E-state index is 0.0288. The molecule has 0 aliphatic rings. The predicted molar refractivity (Wildman–Crippen MR) is 96.0 cm³/mol. The maximum Gasteiger partial charge on any atom is 0.234 e. The van der Waals surface area contributed by atoms with Gasteiger partial charge in [0.15, 0.2) is 0 Å². The summed E-state index contributed by atoms with van der Waals surface area (Å²) in [5.41, 5.74) is 4.39. The van der Waals surface area contributed by atoms with E-state index >= 15 is 0 Å². The average molecular weight is 332 g/mol. The molecule has 1 heterocycles. The molecule has 1 aromatic carbocycles. The monoisotopic (exact) mass is 332 g/mol. The summed E-state index contributed by atoms with van der Waals surface area (Å²) < 4.78 is 1.97. The number of nitrogens with zero attached hydrogens (tertiary/aromatic N) is 3. The van der Waals surface area contributed by atoms with Gasteiger partial charge in [0.2, 0.25) is 5.91 Å². The molecule has 1 unspecified atom stereocenters. The molecule has 0 saturated carbocycles. The van der Waals surface area contributed by atoms with Crippen molar-refractivity contribution in [1.82, 2.24) is 19.8 Å². The van der Waals surface area contributed by atoms with Crippen LogP contribution in [-0.2, 0) is 11.3 Å². The molecule has 2 aromatic rings. The van der Waals surface area contributed by atoms with Crippen molar-refractivity contribution in [3.8, 4) is 0 Å². The summed E-state index contributed by atoms with van der Waals surface area (Å²) >= 11 is 0. The van der Waals surface area contributed by atoms with Gasteiger partial charge in [-0.3, -0.25) is 9.69 Å². The average Bonchev–Trinajstić information content (AvgIpc) is 2.80. The van der Waals surface area contributed by atoms with E-state index in [-0.39, 0.29) is 18.5 Å². The topological polar surface area (TPSA) is 70.4 Å². The summed E-state index contributed by atoms with van der Waals surface area (Å²) in [6.07, 6.45) is 1.19. The number of imidazole rings is 1. The third-order valence-corrected chi connectivity index (χ3v) is 4.03. The number of hydrogen-bond donors (Lipinski definition) is 2. The smallest absolute Gasteiger partial charge is 0.234 e. The molecular weight excluding hydrogens is 304 g/mol. The van der Waals surface area contributed by atoms with Crippen LogP contribution in [0.25, 0.3) is 11.0 Å². The first-order chi connectivity index (χ1) is 11.3. The molecule has 132 valence electrons. The summed E-state index contributed by atoms with van der Waals surface area (Å²) in [6.45, 7) is 9.16. The first kappa shape index (κ1) is 18.4. The number of rotatable bonds is 7. The molecule has 0 aliphatic carbocycles. The second kappa shape index (κ2) is 7.77. The zero-order valence-corrected chi connectivity index (χ0v) is 15.2. The zero-order valence-electron chi connectivity index (χ0n) is 15.2. The third-order valence-electron chi connectivity index (χ3n) is 4.03. The van der Waals surface area contributed by atoms with Crippen LogP contribution in [0.15, 0.2) is 18.5 Å². The number of carbonyl (C=O) groups is 1. The Bertz CT molecular complexity index is 708. The Kier molecular flexibility index (Phi) is 5.96. The van der Waals surface area contributed by atoms with Crippen LogP contribution >= 0.6 is 0 Å². The van der Waals surface area contributed by atoms with Gasteiger partial charge in [-0.2, -0.15) is 0 Å². The van der Waals surface area contributed by atoms with Gasteiger partial charge in [0, 0.05) is 12.6 Å². The fraction of sp³-hybridized carbons (Fsp3) is 0.556. The van der Waals surface area contributed by atoms with Crippen LogP contribution in [0.4, 0.5) is 0 Å². The van der Waals surface area contributed by atoms with Crippen LogP contribution in [-0.4, -0.2) is 57.7 Å². The molecule has 0 fully saturated rings. The highest BCUT2D eigenvalue weighted by Gasteiger charge is 2.14. The lowest BCUT2D eigenvalue weighted by Gasteiger charge is -2.21. The van der Waals surface area contributed by atoms with Crippen LogP contribution in [0.2, 0.25) is 0 Å². The van der Waals surface area contributed by atoms with Crippen molar-refractivity contribution in [2.45, 2.75) is 46.4 Å². The molecule has 24 heavy (non-hydrogen) atoms. The van der Waals surface area contributed by atoms with Crippen LogP contribution in [0, 0.1) is 13.8 Å². The molecule has 1 aromatic heterocycles. The van der Waals surface area contributed by atoms with Crippen LogP contribution in [0.5, 0.6) is 0 Å². The highest BCUT2D eigenvalue weighted by atomic mass is 16.3. The molecule has 6 nitrogen and oxygen atoms in total. The summed E-state index contributed by atoms with van der Waals surface area (Å²) in [5.74, 6) is -0.0288. The van der Waals surface area contributed by atoms with E-state index < -0.39 is 6.10 Å². The van der Waals surface area contributed by atoms with Gasteiger partial charge in [-0.05, 0) is 58.0 Å². The number of likely N-dealkylation sites (N-methyl/N-ethyl adjacent to an activating group) is 1. The second-order valence-corrected chi connectivity index (χ2v) is 6.89. The van der Waals surface area contributed by atoms with E-state index in [1.807, 2.05) is 30.4 Å². The lowest BCUT2D eigenvalue weighted by atomic mass is 10.1. The summed E-state index contributed by atoms with van der Waals surface area (Å²) in [6, 6.07) is 4.29. The number of amides is 1. The SMILES string of the molecule is Cc1cc2ncn(CC(O)CN(C)CC(=O)NC(C)C)c2cc1C. The second-order valence-electron chi connectivity index (χ2n) is 6.89. The first-order valence-electron chi connectivity index (χ1n) is 8.34. The Morgan fingerprint density at radius 2 is 2.00 bits per heavy atom. The van der Waals surface area contributed by atoms with Gasteiger partial charge < -0.3 is 15.0 Å². The molecule has 1 atom stereocenters. The predicted octanol–water partition coefficient (Wildman–Crippen LogP) is 1.47. The maximum atomic E-state index is 11.8. The minimum Gasteiger partial charge on any atom is -0.390 e. The molecule has 2 rings (SSSR count). The van der Waals surface area contributed by atoms with Gasteiger partial charge in [-0.25, -0.2) is 4.98 Å². The number of benzene rings is 1. The Hall–Kier alpha value is -1.92. The van der Waals surface area contributed by atoms with E-state index in [1.54, 1.807) is 6.33 Å². The summed E-state index contributed by atoms with van der Waals surface area (Å²) in [5, 5.41) is 13.2. The number of hydrogen-bond acceptors (Lipinski definition) is 4. The molecule has 0 aliphatic heterocycles. The van der Waals surface area contributed by atoms with Crippen molar-refractivity contribution in [3.63, 3.8) is 0 Å². The molecule has 0 saturated heterocycles. The van der Waals surface area contributed by atoms with Crippen molar-refractivity contribution in [3.05, 3.63) is 29.6 Å². The van der Waals surface area contributed by atoms with E-state index in [1.165, 1.54) is 11.1 Å². The number of aliphatic hydroxyl groups is 1. The lowest BCUT2D eigenvalue weighted by Crippen LogP contribution is -2.41. The Balaban J connectivity index is 1.96.